The molecule has 0 bridgehead atoms. The highest BCUT2D eigenvalue weighted by atomic mass is 19.4. The molecule has 1 aliphatic rings. The van der Waals surface area contributed by atoms with Crippen LogP contribution in [-0.4, -0.2) is 22.9 Å². The summed E-state index contributed by atoms with van der Waals surface area (Å²) in [7, 11) is 0. The van der Waals surface area contributed by atoms with Gasteiger partial charge in [0.05, 0.1) is 0 Å². The molecule has 0 unspecified atom stereocenters. The maximum Gasteiger partial charge on any atom is 0.422 e. The number of carbonyl (C=O) groups is 1. The minimum Gasteiger partial charge on any atom is -0.481 e. The number of hydrogen-bond acceptors (Lipinski definition) is 1. The molecule has 0 aromatic heterocycles. The van der Waals surface area contributed by atoms with E-state index >= 15 is 0 Å². The Balaban J connectivity index is 2.33. The van der Waals surface area contributed by atoms with Gasteiger partial charge in [-0.05, 0) is 44.4 Å². The van der Waals surface area contributed by atoms with Crippen molar-refractivity contribution >= 4 is 5.97 Å². The average molecular weight is 256 g/mol. The monoisotopic (exact) mass is 256 g/mol. The highest BCUT2D eigenvalue weighted by Crippen LogP contribution is 2.46. The topological polar surface area (TPSA) is 37.3 Å². The van der Waals surface area contributed by atoms with Gasteiger partial charge in [-0.2, -0.15) is 13.2 Å². The van der Waals surface area contributed by atoms with E-state index in [-0.39, 0.29) is 25.2 Å². The van der Waals surface area contributed by atoms with Gasteiger partial charge >= 0.3 is 12.1 Å². The van der Waals surface area contributed by atoms with E-state index in [0.29, 0.717) is 12.8 Å². The van der Waals surface area contributed by atoms with Crippen molar-refractivity contribution in [2.75, 3.05) is 0 Å². The Morgan fingerprint density at radius 1 is 1.29 bits per heavy atom. The van der Waals surface area contributed by atoms with Crippen molar-refractivity contribution in [3.8, 4) is 0 Å². The zero-order chi connectivity index (χ0) is 13.1. The highest BCUT2D eigenvalue weighted by Gasteiger charge is 2.56. The molecule has 0 aromatic carbocycles. The van der Waals surface area contributed by atoms with E-state index in [2.05, 4.69) is 0 Å². The first-order valence-corrected chi connectivity index (χ1v) is 5.72. The summed E-state index contributed by atoms with van der Waals surface area (Å²) in [6.07, 6.45) is -4.34. The van der Waals surface area contributed by atoms with Crippen molar-refractivity contribution in [1.29, 1.82) is 0 Å². The Labute approximate surface area is 97.0 Å². The van der Waals surface area contributed by atoms with Crippen LogP contribution in [0.15, 0.2) is 0 Å². The quantitative estimate of drug-likeness (QED) is 0.779. The molecule has 0 amide bonds. The molecule has 0 radical (unpaired) electrons. The summed E-state index contributed by atoms with van der Waals surface area (Å²) in [5.41, 5.74) is -3.03. The van der Waals surface area contributed by atoms with Gasteiger partial charge in [0.25, 0.3) is 0 Å². The van der Waals surface area contributed by atoms with Gasteiger partial charge in [-0.15, -0.1) is 0 Å². The lowest BCUT2D eigenvalue weighted by atomic mass is 9.77. The van der Waals surface area contributed by atoms with E-state index in [1.807, 2.05) is 0 Å². The second kappa shape index (κ2) is 5.23. The third-order valence-electron chi connectivity index (χ3n) is 3.41. The molecule has 1 aliphatic carbocycles. The van der Waals surface area contributed by atoms with Crippen molar-refractivity contribution in [2.24, 2.45) is 5.92 Å². The third-order valence-corrected chi connectivity index (χ3v) is 3.41. The van der Waals surface area contributed by atoms with Crippen molar-refractivity contribution in [2.45, 2.75) is 56.8 Å². The zero-order valence-corrected chi connectivity index (χ0v) is 9.39. The van der Waals surface area contributed by atoms with Crippen LogP contribution in [0.3, 0.4) is 0 Å². The fraction of sp³-hybridized carbons (Fsp3) is 0.909. The number of rotatable bonds is 4. The summed E-state index contributed by atoms with van der Waals surface area (Å²) in [6.45, 7) is 0. The average Bonchev–Trinajstić information content (AvgIpc) is 2.19. The third kappa shape index (κ3) is 3.85. The molecule has 17 heavy (non-hydrogen) atoms. The normalized spacial score (nSPS) is 30.2. The fourth-order valence-electron chi connectivity index (χ4n) is 2.25. The van der Waals surface area contributed by atoms with Gasteiger partial charge in [0.2, 0.25) is 5.67 Å². The first-order valence-electron chi connectivity index (χ1n) is 5.72. The van der Waals surface area contributed by atoms with E-state index in [0.717, 1.165) is 0 Å². The van der Waals surface area contributed by atoms with Gasteiger partial charge in [0, 0.05) is 6.42 Å². The number of carboxylic acid groups (broad SMARTS) is 1. The van der Waals surface area contributed by atoms with Gasteiger partial charge < -0.3 is 5.11 Å². The number of hydrogen-bond donors (Lipinski definition) is 1. The summed E-state index contributed by atoms with van der Waals surface area (Å²) < 4.78 is 50.6. The maximum atomic E-state index is 13.5. The molecule has 0 spiro atoms. The molecule has 1 fully saturated rings. The van der Waals surface area contributed by atoms with Crippen LogP contribution < -0.4 is 0 Å². The Morgan fingerprint density at radius 3 is 2.24 bits per heavy atom. The number of halogens is 4. The molecule has 2 nitrogen and oxygen atoms in total. The van der Waals surface area contributed by atoms with Crippen LogP contribution in [-0.2, 0) is 4.79 Å². The van der Waals surface area contributed by atoms with Crippen molar-refractivity contribution in [3.05, 3.63) is 0 Å². The molecule has 0 saturated heterocycles. The number of aliphatic carboxylic acids is 1. The largest absolute Gasteiger partial charge is 0.481 e. The molecule has 1 rings (SSSR count). The predicted molar refractivity (Wildman–Crippen MR) is 53.3 cm³/mol. The van der Waals surface area contributed by atoms with Crippen LogP contribution in [0.5, 0.6) is 0 Å². The molecule has 0 atom stereocenters. The van der Waals surface area contributed by atoms with Crippen LogP contribution >= 0.6 is 0 Å². The van der Waals surface area contributed by atoms with Crippen LogP contribution in [0.1, 0.15) is 44.9 Å². The summed E-state index contributed by atoms with van der Waals surface area (Å²) in [5.74, 6) is -0.878. The van der Waals surface area contributed by atoms with Gasteiger partial charge in [-0.3, -0.25) is 4.79 Å². The van der Waals surface area contributed by atoms with Crippen LogP contribution in [0.25, 0.3) is 0 Å². The lowest BCUT2D eigenvalue weighted by Gasteiger charge is -2.35. The first-order chi connectivity index (χ1) is 7.74. The Bertz CT molecular complexity index is 267. The maximum absolute atomic E-state index is 13.5. The van der Waals surface area contributed by atoms with E-state index < -0.39 is 30.7 Å². The summed E-state index contributed by atoms with van der Waals surface area (Å²) >= 11 is 0. The molecule has 0 heterocycles. The van der Waals surface area contributed by atoms with Crippen LogP contribution in [0, 0.1) is 5.92 Å². The minimum atomic E-state index is -4.78. The molecule has 0 aliphatic heterocycles. The number of carboxylic acids is 1. The van der Waals surface area contributed by atoms with Crippen molar-refractivity contribution in [3.63, 3.8) is 0 Å². The Hall–Kier alpha value is -0.810. The van der Waals surface area contributed by atoms with Gasteiger partial charge in [-0.1, -0.05) is 0 Å². The second-order valence-electron chi connectivity index (χ2n) is 4.69. The van der Waals surface area contributed by atoms with Gasteiger partial charge in [0.15, 0.2) is 0 Å². The van der Waals surface area contributed by atoms with E-state index in [1.54, 1.807) is 0 Å². The lowest BCUT2D eigenvalue weighted by molar-refractivity contribution is -0.242. The molecule has 0 aromatic rings. The highest BCUT2D eigenvalue weighted by molar-refractivity contribution is 5.66. The zero-order valence-electron chi connectivity index (χ0n) is 9.39. The van der Waals surface area contributed by atoms with Crippen LogP contribution in [0.2, 0.25) is 0 Å². The first kappa shape index (κ1) is 14.3. The summed E-state index contributed by atoms with van der Waals surface area (Å²) in [6, 6.07) is 0. The van der Waals surface area contributed by atoms with Crippen molar-refractivity contribution < 1.29 is 27.5 Å². The van der Waals surface area contributed by atoms with Gasteiger partial charge in [0.1, 0.15) is 0 Å². The molecule has 1 N–H and O–H groups in total. The molecule has 1 saturated carbocycles. The summed E-state index contributed by atoms with van der Waals surface area (Å²) in [4.78, 5) is 10.3. The van der Waals surface area contributed by atoms with E-state index in [9.17, 15) is 22.4 Å². The van der Waals surface area contributed by atoms with E-state index in [4.69, 9.17) is 5.11 Å². The fourth-order valence-corrected chi connectivity index (χ4v) is 2.25. The molecule has 100 valence electrons. The Kier molecular flexibility index (Phi) is 4.38. The van der Waals surface area contributed by atoms with Gasteiger partial charge in [-0.25, -0.2) is 4.39 Å². The summed E-state index contributed by atoms with van der Waals surface area (Å²) in [5, 5.41) is 8.42. The van der Waals surface area contributed by atoms with Crippen LogP contribution in [0.4, 0.5) is 17.6 Å². The second-order valence-corrected chi connectivity index (χ2v) is 4.69. The predicted octanol–water partition coefficient (Wildman–Crippen LogP) is 3.70. The van der Waals surface area contributed by atoms with E-state index in [1.165, 1.54) is 0 Å². The number of alkyl halides is 4. The SMILES string of the molecule is O=C(O)CCCC1CCC(F)(C(F)(F)F)CC1. The Morgan fingerprint density at radius 2 is 1.82 bits per heavy atom. The molecule has 6 heteroatoms. The smallest absolute Gasteiger partial charge is 0.422 e. The minimum absolute atomic E-state index is 0.0243. The lowest BCUT2D eigenvalue weighted by Crippen LogP contribution is -2.43. The molecular formula is C11H16F4O2. The molecular weight excluding hydrogens is 240 g/mol. The van der Waals surface area contributed by atoms with Crippen molar-refractivity contribution in [1.82, 2.24) is 0 Å². The standard InChI is InChI=1S/C11H16F4O2/c12-10(11(13,14)15)6-4-8(5-7-10)2-1-3-9(16)17/h8H,1-7H2,(H,16,17).